The number of hydrogen-bond donors (Lipinski definition) is 0. The molecule has 112 valence electrons. The van der Waals surface area contributed by atoms with Crippen LogP contribution in [-0.2, 0) is 0 Å². The molecule has 1 nitrogen and oxygen atoms in total. The van der Waals surface area contributed by atoms with Gasteiger partial charge in [-0.15, -0.1) is 0 Å². The molecule has 0 aromatic heterocycles. The summed E-state index contributed by atoms with van der Waals surface area (Å²) < 4.78 is 1.06. The van der Waals surface area contributed by atoms with Gasteiger partial charge in [0.05, 0.1) is 0 Å². The number of aldehydes is 1. The van der Waals surface area contributed by atoms with Crippen molar-refractivity contribution >= 4 is 34.4 Å². The maximum Gasteiger partial charge on any atom is 0.150 e. The summed E-state index contributed by atoms with van der Waals surface area (Å²) in [5.41, 5.74) is 4.94. The lowest BCUT2D eigenvalue weighted by Gasteiger charge is -2.08. The predicted octanol–water partition coefficient (Wildman–Crippen LogP) is 6.10. The van der Waals surface area contributed by atoms with Crippen LogP contribution < -0.4 is 0 Å². The monoisotopic (exact) mass is 362 g/mol. The molecule has 2 heteroatoms. The number of benzene rings is 3. The Hall–Kier alpha value is -2.45. The van der Waals surface area contributed by atoms with E-state index in [1.54, 1.807) is 0 Å². The van der Waals surface area contributed by atoms with Crippen molar-refractivity contribution in [1.29, 1.82) is 0 Å². The summed E-state index contributed by atoms with van der Waals surface area (Å²) >= 11 is 3.44. The van der Waals surface area contributed by atoms with Gasteiger partial charge in [-0.05, 0) is 34.4 Å². The number of carbonyl (C=O) groups is 1. The zero-order valence-electron chi connectivity index (χ0n) is 12.4. The van der Waals surface area contributed by atoms with E-state index in [-0.39, 0.29) is 0 Å². The maximum atomic E-state index is 11.3. The zero-order valence-corrected chi connectivity index (χ0v) is 14.0. The first kappa shape index (κ1) is 15.4. The molecule has 0 bridgehead atoms. The van der Waals surface area contributed by atoms with E-state index >= 15 is 0 Å². The minimum absolute atomic E-state index is 0.706. The van der Waals surface area contributed by atoms with Gasteiger partial charge < -0.3 is 0 Å². The van der Waals surface area contributed by atoms with Crippen molar-refractivity contribution in [3.63, 3.8) is 0 Å². The summed E-state index contributed by atoms with van der Waals surface area (Å²) in [7, 11) is 0. The second kappa shape index (κ2) is 7.21. The van der Waals surface area contributed by atoms with Gasteiger partial charge >= 0.3 is 0 Å². The Bertz CT molecular complexity index is 848. The fourth-order valence-electron chi connectivity index (χ4n) is 2.49. The molecule has 0 saturated carbocycles. The Kier molecular flexibility index (Phi) is 4.84. The summed E-state index contributed by atoms with van der Waals surface area (Å²) in [6.07, 6.45) is 5.07. The zero-order chi connectivity index (χ0) is 16.1. The highest BCUT2D eigenvalue weighted by molar-refractivity contribution is 9.10. The molecule has 23 heavy (non-hydrogen) atoms. The van der Waals surface area contributed by atoms with Gasteiger partial charge in [0, 0.05) is 10.0 Å². The van der Waals surface area contributed by atoms with Crippen LogP contribution in [0, 0.1) is 0 Å². The highest BCUT2D eigenvalue weighted by atomic mass is 79.9. The van der Waals surface area contributed by atoms with Crippen LogP contribution in [0.5, 0.6) is 0 Å². The van der Waals surface area contributed by atoms with Crippen molar-refractivity contribution in [2.45, 2.75) is 0 Å². The van der Waals surface area contributed by atoms with Crippen molar-refractivity contribution in [3.05, 3.63) is 94.0 Å². The van der Waals surface area contributed by atoms with Crippen LogP contribution >= 0.6 is 15.9 Å². The van der Waals surface area contributed by atoms with Crippen LogP contribution in [0.25, 0.3) is 23.3 Å². The maximum absolute atomic E-state index is 11.3. The van der Waals surface area contributed by atoms with Gasteiger partial charge in [0.2, 0.25) is 0 Å². The summed E-state index contributed by atoms with van der Waals surface area (Å²) in [4.78, 5) is 11.3. The SMILES string of the molecule is O=Cc1ccccc1-c1ccccc1/C=C/c1ccc(Br)cc1. The van der Waals surface area contributed by atoms with Crippen LogP contribution in [0.1, 0.15) is 21.5 Å². The van der Waals surface area contributed by atoms with E-state index < -0.39 is 0 Å². The molecule has 0 radical (unpaired) electrons. The van der Waals surface area contributed by atoms with Crippen LogP contribution in [0.3, 0.4) is 0 Å². The Morgan fingerprint density at radius 1 is 0.652 bits per heavy atom. The Balaban J connectivity index is 2.01. The third-order valence-electron chi connectivity index (χ3n) is 3.66. The lowest BCUT2D eigenvalue weighted by atomic mass is 9.95. The minimum atomic E-state index is 0.706. The first-order valence-corrected chi connectivity index (χ1v) is 8.14. The van der Waals surface area contributed by atoms with E-state index in [1.807, 2.05) is 54.6 Å². The van der Waals surface area contributed by atoms with E-state index in [4.69, 9.17) is 0 Å². The molecule has 3 aromatic carbocycles. The molecule has 0 aliphatic rings. The highest BCUT2D eigenvalue weighted by Crippen LogP contribution is 2.27. The van der Waals surface area contributed by atoms with Gasteiger partial charge in [-0.1, -0.05) is 88.7 Å². The highest BCUT2D eigenvalue weighted by Gasteiger charge is 2.06. The predicted molar refractivity (Wildman–Crippen MR) is 100 cm³/mol. The Morgan fingerprint density at radius 3 is 1.87 bits per heavy atom. The molecular weight excluding hydrogens is 348 g/mol. The lowest BCUT2D eigenvalue weighted by molar-refractivity contribution is 0.112. The average molecular weight is 363 g/mol. The fraction of sp³-hybridized carbons (Fsp3) is 0. The van der Waals surface area contributed by atoms with Crippen molar-refractivity contribution in [2.24, 2.45) is 0 Å². The van der Waals surface area contributed by atoms with E-state index in [1.165, 1.54) is 0 Å². The molecule has 3 rings (SSSR count). The lowest BCUT2D eigenvalue weighted by Crippen LogP contribution is -1.89. The smallest absolute Gasteiger partial charge is 0.150 e. The first-order chi connectivity index (χ1) is 11.3. The van der Waals surface area contributed by atoms with Crippen LogP contribution in [0.4, 0.5) is 0 Å². The molecular formula is C21H15BrO. The molecule has 0 aliphatic carbocycles. The van der Waals surface area contributed by atoms with Gasteiger partial charge in [-0.3, -0.25) is 4.79 Å². The van der Waals surface area contributed by atoms with Gasteiger partial charge in [0.25, 0.3) is 0 Å². The van der Waals surface area contributed by atoms with Crippen molar-refractivity contribution in [1.82, 2.24) is 0 Å². The Labute approximate surface area is 144 Å². The average Bonchev–Trinajstić information content (AvgIpc) is 2.61. The van der Waals surface area contributed by atoms with Crippen LogP contribution in [0.15, 0.2) is 77.3 Å². The number of hydrogen-bond acceptors (Lipinski definition) is 1. The summed E-state index contributed by atoms with van der Waals surface area (Å²) in [5, 5.41) is 0. The van der Waals surface area contributed by atoms with Gasteiger partial charge in [-0.2, -0.15) is 0 Å². The Morgan fingerprint density at radius 2 is 1.22 bits per heavy atom. The first-order valence-electron chi connectivity index (χ1n) is 7.35. The molecule has 0 saturated heterocycles. The quantitative estimate of drug-likeness (QED) is 0.404. The van der Waals surface area contributed by atoms with Gasteiger partial charge in [0.15, 0.2) is 6.29 Å². The van der Waals surface area contributed by atoms with Crippen molar-refractivity contribution < 1.29 is 4.79 Å². The molecule has 0 heterocycles. The van der Waals surface area contributed by atoms with Crippen LogP contribution in [-0.4, -0.2) is 6.29 Å². The molecule has 0 atom stereocenters. The molecule has 0 spiro atoms. The van der Waals surface area contributed by atoms with E-state index in [2.05, 4.69) is 46.3 Å². The van der Waals surface area contributed by atoms with Crippen molar-refractivity contribution in [3.8, 4) is 11.1 Å². The molecule has 0 fully saturated rings. The molecule has 0 unspecified atom stereocenters. The number of carbonyl (C=O) groups excluding carboxylic acids is 1. The standard InChI is InChI=1S/C21H15BrO/c22-19-13-10-16(11-14-19)9-12-17-5-1-3-7-20(17)21-8-4-2-6-18(21)15-23/h1-15H/b12-9+. The second-order valence-corrected chi connectivity index (χ2v) is 6.09. The fourth-order valence-corrected chi connectivity index (χ4v) is 2.76. The topological polar surface area (TPSA) is 17.1 Å². The third kappa shape index (κ3) is 3.66. The molecule has 3 aromatic rings. The van der Waals surface area contributed by atoms with E-state index in [0.29, 0.717) is 5.56 Å². The van der Waals surface area contributed by atoms with Gasteiger partial charge in [0.1, 0.15) is 0 Å². The van der Waals surface area contributed by atoms with Crippen LogP contribution in [0.2, 0.25) is 0 Å². The van der Waals surface area contributed by atoms with Crippen molar-refractivity contribution in [2.75, 3.05) is 0 Å². The summed E-state index contributed by atoms with van der Waals surface area (Å²) in [6.45, 7) is 0. The minimum Gasteiger partial charge on any atom is -0.298 e. The molecule has 0 amide bonds. The van der Waals surface area contributed by atoms with E-state index in [9.17, 15) is 4.79 Å². The largest absolute Gasteiger partial charge is 0.298 e. The number of rotatable bonds is 4. The summed E-state index contributed by atoms with van der Waals surface area (Å²) in [5.74, 6) is 0. The normalized spacial score (nSPS) is 10.8. The second-order valence-electron chi connectivity index (χ2n) is 5.18. The molecule has 0 aliphatic heterocycles. The van der Waals surface area contributed by atoms with Gasteiger partial charge in [-0.25, -0.2) is 0 Å². The third-order valence-corrected chi connectivity index (χ3v) is 4.19. The number of halogens is 1. The summed E-state index contributed by atoms with van der Waals surface area (Å²) in [6, 6.07) is 23.9. The molecule has 0 N–H and O–H groups in total. The van der Waals surface area contributed by atoms with E-state index in [0.717, 1.165) is 33.0 Å².